The van der Waals surface area contributed by atoms with Crippen molar-refractivity contribution in [3.05, 3.63) is 12.3 Å². The number of hydrogen-bond donors (Lipinski definition) is 1. The minimum absolute atomic E-state index is 0.0142. The Kier molecular flexibility index (Phi) is 7.14. The van der Waals surface area contributed by atoms with Crippen LogP contribution in [0.3, 0.4) is 0 Å². The van der Waals surface area contributed by atoms with Gasteiger partial charge in [0.25, 0.3) is 0 Å². The maximum Gasteiger partial charge on any atom is 0.197 e. The summed E-state index contributed by atoms with van der Waals surface area (Å²) in [6.45, 7) is 4.79. The van der Waals surface area contributed by atoms with Crippen LogP contribution in [0.2, 0.25) is 0 Å². The van der Waals surface area contributed by atoms with Crippen LogP contribution in [0, 0.1) is 0 Å². The largest absolute Gasteiger partial charge is 0.488 e. The Morgan fingerprint density at radius 3 is 2.64 bits per heavy atom. The predicted octanol–water partition coefficient (Wildman–Crippen LogP) is 0.748. The Balaban J connectivity index is 3.62. The third kappa shape index (κ3) is 6.68. The van der Waals surface area contributed by atoms with E-state index in [4.69, 9.17) is 9.84 Å². The second-order valence-electron chi connectivity index (χ2n) is 2.51. The van der Waals surface area contributed by atoms with Crippen LogP contribution in [0.5, 0.6) is 0 Å². The summed E-state index contributed by atoms with van der Waals surface area (Å²) in [5.74, 6) is 0.255. The van der Waals surface area contributed by atoms with Gasteiger partial charge in [-0.2, -0.15) is 0 Å². The Bertz CT molecular complexity index is 225. The molecule has 0 unspecified atom stereocenters. The average molecular weight is 218 g/mol. The van der Waals surface area contributed by atoms with Crippen molar-refractivity contribution in [1.29, 1.82) is 0 Å². The normalized spacial score (nSPS) is 9.57. The molecule has 1 N–H and O–H groups in total. The number of carbonyl (C=O) groups excluding carboxylic acids is 2. The summed E-state index contributed by atoms with van der Waals surface area (Å²) in [5, 5.41) is 8.41. The van der Waals surface area contributed by atoms with Gasteiger partial charge in [-0.05, 0) is 0 Å². The lowest BCUT2D eigenvalue weighted by atomic mass is 10.3. The van der Waals surface area contributed by atoms with E-state index in [0.29, 0.717) is 5.75 Å². The molecule has 0 radical (unpaired) electrons. The molecule has 0 heterocycles. The molecule has 4 nitrogen and oxygen atoms in total. The lowest BCUT2D eigenvalue weighted by Crippen LogP contribution is -2.09. The lowest BCUT2D eigenvalue weighted by Gasteiger charge is -2.05. The number of thioether (sulfide) groups is 1. The first-order chi connectivity index (χ1) is 6.57. The van der Waals surface area contributed by atoms with Crippen molar-refractivity contribution in [2.75, 3.05) is 19.0 Å². The molecule has 5 heteroatoms. The predicted molar refractivity (Wildman–Crippen MR) is 54.9 cm³/mol. The van der Waals surface area contributed by atoms with E-state index in [-0.39, 0.29) is 36.3 Å². The molecule has 0 aliphatic rings. The van der Waals surface area contributed by atoms with Crippen LogP contribution in [0.4, 0.5) is 0 Å². The van der Waals surface area contributed by atoms with Crippen molar-refractivity contribution in [3.8, 4) is 0 Å². The Hall–Kier alpha value is -0.810. The molecule has 14 heavy (non-hydrogen) atoms. The summed E-state index contributed by atoms with van der Waals surface area (Å²) in [6, 6.07) is 0. The molecule has 0 spiro atoms. The van der Waals surface area contributed by atoms with Crippen molar-refractivity contribution in [2.24, 2.45) is 0 Å². The summed E-state index contributed by atoms with van der Waals surface area (Å²) < 4.78 is 4.82. The molecular weight excluding hydrogens is 204 g/mol. The van der Waals surface area contributed by atoms with Crippen molar-refractivity contribution in [2.45, 2.75) is 13.3 Å². The van der Waals surface area contributed by atoms with Crippen LogP contribution in [-0.2, 0) is 14.3 Å². The van der Waals surface area contributed by atoms with Gasteiger partial charge in [0.2, 0.25) is 0 Å². The maximum absolute atomic E-state index is 11.2. The highest BCUT2D eigenvalue weighted by Gasteiger charge is 2.08. The number of ketones is 1. The first kappa shape index (κ1) is 13.2. The highest BCUT2D eigenvalue weighted by atomic mass is 32.2. The van der Waals surface area contributed by atoms with Crippen molar-refractivity contribution in [3.63, 3.8) is 0 Å². The molecule has 0 rings (SSSR count). The van der Waals surface area contributed by atoms with E-state index in [1.807, 2.05) is 0 Å². The highest BCUT2D eigenvalue weighted by Crippen LogP contribution is 2.07. The van der Waals surface area contributed by atoms with E-state index >= 15 is 0 Å². The van der Waals surface area contributed by atoms with Crippen LogP contribution < -0.4 is 0 Å². The summed E-state index contributed by atoms with van der Waals surface area (Å²) in [7, 11) is 0. The van der Waals surface area contributed by atoms with E-state index in [2.05, 4.69) is 6.58 Å². The summed E-state index contributed by atoms with van der Waals surface area (Å²) in [4.78, 5) is 21.7. The van der Waals surface area contributed by atoms with Gasteiger partial charge in [-0.3, -0.25) is 9.59 Å². The Morgan fingerprint density at radius 2 is 2.14 bits per heavy atom. The van der Waals surface area contributed by atoms with Crippen LogP contribution in [0.15, 0.2) is 12.3 Å². The van der Waals surface area contributed by atoms with Gasteiger partial charge in [0.1, 0.15) is 6.61 Å². The molecular formula is C9H14O4S. The zero-order chi connectivity index (χ0) is 11.0. The molecule has 0 fully saturated rings. The third-order valence-corrected chi connectivity index (χ3v) is 2.13. The molecule has 0 saturated carbocycles. The van der Waals surface area contributed by atoms with Gasteiger partial charge < -0.3 is 9.84 Å². The van der Waals surface area contributed by atoms with Gasteiger partial charge in [0, 0.05) is 19.1 Å². The van der Waals surface area contributed by atoms with Gasteiger partial charge in [-0.15, -0.1) is 0 Å². The molecule has 0 aromatic rings. The molecule has 0 aromatic heterocycles. The van der Waals surface area contributed by atoms with Gasteiger partial charge in [-0.25, -0.2) is 0 Å². The number of allylic oxidation sites excluding steroid dienone is 1. The molecule has 0 saturated heterocycles. The van der Waals surface area contributed by atoms with Crippen molar-refractivity contribution in [1.82, 2.24) is 0 Å². The van der Waals surface area contributed by atoms with E-state index in [0.717, 1.165) is 11.8 Å². The average Bonchev–Trinajstić information content (AvgIpc) is 2.13. The van der Waals surface area contributed by atoms with Gasteiger partial charge in [0.05, 0.1) is 6.61 Å². The van der Waals surface area contributed by atoms with Crippen LogP contribution in [-0.4, -0.2) is 35.0 Å². The topological polar surface area (TPSA) is 63.6 Å². The van der Waals surface area contributed by atoms with E-state index in [1.54, 1.807) is 0 Å². The van der Waals surface area contributed by atoms with Crippen LogP contribution >= 0.6 is 11.8 Å². The van der Waals surface area contributed by atoms with E-state index in [9.17, 15) is 9.59 Å². The van der Waals surface area contributed by atoms with E-state index in [1.165, 1.54) is 6.92 Å². The number of rotatable bonds is 7. The Morgan fingerprint density at radius 1 is 1.50 bits per heavy atom. The maximum atomic E-state index is 11.2. The van der Waals surface area contributed by atoms with Crippen LogP contribution in [0.25, 0.3) is 0 Å². The van der Waals surface area contributed by atoms with E-state index < -0.39 is 0 Å². The molecule has 0 aromatic carbocycles. The van der Waals surface area contributed by atoms with Crippen molar-refractivity contribution >= 4 is 22.7 Å². The molecule has 0 bridgehead atoms. The molecule has 0 amide bonds. The first-order valence-electron chi connectivity index (χ1n) is 4.17. The number of hydrogen-bond acceptors (Lipinski definition) is 5. The second-order valence-corrected chi connectivity index (χ2v) is 3.78. The number of aliphatic hydroxyl groups excluding tert-OH is 1. The lowest BCUT2D eigenvalue weighted by molar-refractivity contribution is -0.118. The second kappa shape index (κ2) is 7.58. The molecule has 0 aliphatic carbocycles. The zero-order valence-electron chi connectivity index (χ0n) is 8.12. The van der Waals surface area contributed by atoms with Gasteiger partial charge >= 0.3 is 0 Å². The fraction of sp³-hybridized carbons (Fsp3) is 0.556. The molecule has 0 atom stereocenters. The fourth-order valence-electron chi connectivity index (χ4n) is 0.676. The summed E-state index contributed by atoms with van der Waals surface area (Å²) in [5.41, 5.74) is 0. The number of ether oxygens (including phenoxy) is 1. The van der Waals surface area contributed by atoms with Crippen LogP contribution in [0.1, 0.15) is 13.3 Å². The summed E-state index contributed by atoms with van der Waals surface area (Å²) in [6.07, 6.45) is 0.231. The van der Waals surface area contributed by atoms with Gasteiger partial charge in [-0.1, -0.05) is 18.3 Å². The van der Waals surface area contributed by atoms with Gasteiger partial charge in [0.15, 0.2) is 16.7 Å². The number of carbonyl (C=O) groups is 2. The minimum Gasteiger partial charge on any atom is -0.488 e. The summed E-state index contributed by atoms with van der Waals surface area (Å²) >= 11 is 1.10. The number of aliphatic hydroxyl groups is 1. The Labute approximate surface area is 87.3 Å². The third-order valence-electron chi connectivity index (χ3n) is 1.31. The highest BCUT2D eigenvalue weighted by molar-refractivity contribution is 8.13. The molecule has 80 valence electrons. The minimum atomic E-state index is -0.229. The van der Waals surface area contributed by atoms with Crippen molar-refractivity contribution < 1.29 is 19.4 Å². The smallest absolute Gasteiger partial charge is 0.197 e. The monoisotopic (exact) mass is 218 g/mol. The SMILES string of the molecule is C=C(OCCO)C(=O)CCSC(C)=O. The molecule has 0 aliphatic heterocycles. The first-order valence-corrected chi connectivity index (χ1v) is 5.15. The quantitative estimate of drug-likeness (QED) is 0.504. The number of Topliss-reactive ketones (excluding diaryl/α,β-unsaturated/α-hetero) is 1. The zero-order valence-corrected chi connectivity index (χ0v) is 8.93. The standard InChI is InChI=1S/C9H14O4S/c1-7(13-5-4-10)9(12)3-6-14-8(2)11/h10H,1,3-6H2,2H3. The fourth-order valence-corrected chi connectivity index (χ4v) is 1.25.